The monoisotopic (exact) mass is 486 g/mol. The van der Waals surface area contributed by atoms with E-state index >= 15 is 0 Å². The van der Waals surface area contributed by atoms with Gasteiger partial charge < -0.3 is 10.2 Å². The van der Waals surface area contributed by atoms with Gasteiger partial charge in [-0.25, -0.2) is 4.39 Å². The van der Waals surface area contributed by atoms with Crippen LogP contribution >= 0.6 is 11.3 Å². The van der Waals surface area contributed by atoms with Crippen molar-refractivity contribution < 1.29 is 14.0 Å². The van der Waals surface area contributed by atoms with Gasteiger partial charge in [0, 0.05) is 18.0 Å². The summed E-state index contributed by atoms with van der Waals surface area (Å²) in [7, 11) is 0. The minimum atomic E-state index is -0.879. The topological polar surface area (TPSA) is 49.4 Å². The van der Waals surface area contributed by atoms with Gasteiger partial charge in [-0.3, -0.25) is 9.59 Å². The molecule has 4 aromatic rings. The summed E-state index contributed by atoms with van der Waals surface area (Å²) >= 11 is 1.51. The van der Waals surface area contributed by atoms with Crippen molar-refractivity contribution in [2.45, 2.75) is 25.4 Å². The molecule has 0 aliphatic carbocycles. The van der Waals surface area contributed by atoms with E-state index in [9.17, 15) is 14.0 Å². The number of hydrogen-bond donors (Lipinski definition) is 1. The van der Waals surface area contributed by atoms with Crippen molar-refractivity contribution >= 4 is 23.2 Å². The van der Waals surface area contributed by atoms with Crippen molar-refractivity contribution in [1.82, 2.24) is 10.2 Å². The lowest BCUT2D eigenvalue weighted by atomic mass is 10.0. The van der Waals surface area contributed by atoms with Crippen molar-refractivity contribution in [3.05, 3.63) is 130 Å². The highest BCUT2D eigenvalue weighted by atomic mass is 32.1. The van der Waals surface area contributed by atoms with Crippen molar-refractivity contribution in [2.24, 2.45) is 0 Å². The molecule has 0 bridgehead atoms. The Morgan fingerprint density at radius 2 is 1.49 bits per heavy atom. The molecule has 178 valence electrons. The van der Waals surface area contributed by atoms with Gasteiger partial charge in [-0.15, -0.1) is 11.3 Å². The minimum Gasteiger partial charge on any atom is -0.350 e. The van der Waals surface area contributed by atoms with Crippen LogP contribution in [-0.4, -0.2) is 23.3 Å². The summed E-state index contributed by atoms with van der Waals surface area (Å²) in [4.78, 5) is 29.7. The zero-order valence-electron chi connectivity index (χ0n) is 19.3. The summed E-state index contributed by atoms with van der Waals surface area (Å²) in [5, 5.41) is 4.91. The first-order valence-corrected chi connectivity index (χ1v) is 12.4. The molecule has 1 heterocycles. The third kappa shape index (κ3) is 6.87. The van der Waals surface area contributed by atoms with Crippen LogP contribution in [-0.2, 0) is 29.0 Å². The van der Waals surface area contributed by atoms with E-state index in [-0.39, 0.29) is 18.2 Å². The number of carbonyl (C=O) groups is 2. The van der Waals surface area contributed by atoms with Gasteiger partial charge in [-0.1, -0.05) is 78.9 Å². The molecule has 2 amide bonds. The number of halogens is 1. The molecular formula is C29H27FN2O2S. The van der Waals surface area contributed by atoms with E-state index < -0.39 is 11.9 Å². The highest BCUT2D eigenvalue weighted by Crippen LogP contribution is 2.24. The normalized spacial score (nSPS) is 11.6. The van der Waals surface area contributed by atoms with Gasteiger partial charge in [0.2, 0.25) is 11.8 Å². The molecule has 1 N–H and O–H groups in total. The van der Waals surface area contributed by atoms with E-state index in [1.807, 2.05) is 78.2 Å². The number of nitrogens with one attached hydrogen (secondary N) is 1. The highest BCUT2D eigenvalue weighted by molar-refractivity contribution is 7.10. The van der Waals surface area contributed by atoms with Gasteiger partial charge >= 0.3 is 0 Å². The van der Waals surface area contributed by atoms with Crippen molar-refractivity contribution in [1.29, 1.82) is 0 Å². The van der Waals surface area contributed by atoms with E-state index in [1.54, 1.807) is 17.0 Å². The Balaban J connectivity index is 1.63. The lowest BCUT2D eigenvalue weighted by molar-refractivity contribution is -0.140. The van der Waals surface area contributed by atoms with Crippen LogP contribution in [0.2, 0.25) is 0 Å². The molecule has 0 saturated heterocycles. The first-order valence-electron chi connectivity index (χ1n) is 11.5. The second kappa shape index (κ2) is 12.1. The maximum atomic E-state index is 13.7. The molecule has 0 unspecified atom stereocenters. The van der Waals surface area contributed by atoms with Crippen LogP contribution in [0.5, 0.6) is 0 Å². The Hall–Kier alpha value is -3.77. The smallest absolute Gasteiger partial charge is 0.247 e. The second-order valence-electron chi connectivity index (χ2n) is 8.24. The van der Waals surface area contributed by atoms with Crippen LogP contribution in [0.1, 0.15) is 27.6 Å². The molecule has 0 aliphatic heterocycles. The summed E-state index contributed by atoms with van der Waals surface area (Å²) < 4.78 is 13.7. The molecular weight excluding hydrogens is 459 g/mol. The van der Waals surface area contributed by atoms with Gasteiger partial charge in [0.05, 0.1) is 6.42 Å². The van der Waals surface area contributed by atoms with Crippen molar-refractivity contribution in [3.8, 4) is 0 Å². The van der Waals surface area contributed by atoms with Gasteiger partial charge in [0.15, 0.2) is 0 Å². The number of thiophene rings is 1. The zero-order valence-corrected chi connectivity index (χ0v) is 20.1. The molecule has 1 aromatic heterocycles. The van der Waals surface area contributed by atoms with Gasteiger partial charge in [-0.2, -0.15) is 0 Å². The third-order valence-corrected chi connectivity index (χ3v) is 6.64. The lowest BCUT2D eigenvalue weighted by Crippen LogP contribution is -2.45. The van der Waals surface area contributed by atoms with Gasteiger partial charge in [-0.05, 0) is 46.7 Å². The Labute approximate surface area is 209 Å². The average Bonchev–Trinajstić information content (AvgIpc) is 3.40. The summed E-state index contributed by atoms with van der Waals surface area (Å²) in [6.45, 7) is 0.692. The summed E-state index contributed by atoms with van der Waals surface area (Å²) in [6, 6.07) is 28.2. The summed E-state index contributed by atoms with van der Waals surface area (Å²) in [6.07, 6.45) is 0.802. The fourth-order valence-electron chi connectivity index (χ4n) is 3.96. The highest BCUT2D eigenvalue weighted by Gasteiger charge is 2.31. The van der Waals surface area contributed by atoms with Crippen molar-refractivity contribution in [2.75, 3.05) is 6.54 Å². The first-order chi connectivity index (χ1) is 17.1. The standard InChI is InChI=1S/C29H27FN2O2S/c30-25-15-13-24(14-16-25)28(29(34)31-21-23-10-5-2-6-11-23)32(18-17-22-8-3-1-4-9-22)27(33)20-26-12-7-19-35-26/h1-16,19,28H,17-18,20-21H2,(H,31,34)/t28-/m0/s1. The molecule has 3 aromatic carbocycles. The molecule has 4 nitrogen and oxygen atoms in total. The molecule has 0 saturated carbocycles. The average molecular weight is 487 g/mol. The van der Waals surface area contributed by atoms with Crippen molar-refractivity contribution in [3.63, 3.8) is 0 Å². The SMILES string of the molecule is O=C(NCc1ccccc1)[C@H](c1ccc(F)cc1)N(CCc1ccccc1)C(=O)Cc1cccs1. The third-order valence-electron chi connectivity index (χ3n) is 5.77. The maximum absolute atomic E-state index is 13.7. The number of benzene rings is 3. The van der Waals surface area contributed by atoms with Crippen LogP contribution < -0.4 is 5.32 Å². The zero-order chi connectivity index (χ0) is 24.5. The quantitative estimate of drug-likeness (QED) is 0.319. The number of rotatable bonds is 10. The Morgan fingerprint density at radius 3 is 2.11 bits per heavy atom. The fraction of sp³-hybridized carbons (Fsp3) is 0.172. The predicted octanol–water partition coefficient (Wildman–Crippen LogP) is 5.56. The second-order valence-corrected chi connectivity index (χ2v) is 9.27. The van der Waals surface area contributed by atoms with Crippen LogP contribution in [0.3, 0.4) is 0 Å². The van der Waals surface area contributed by atoms with E-state index in [0.29, 0.717) is 25.1 Å². The molecule has 0 radical (unpaired) electrons. The number of amides is 2. The largest absolute Gasteiger partial charge is 0.350 e. The summed E-state index contributed by atoms with van der Waals surface area (Å²) in [5.74, 6) is -0.835. The Bertz CT molecular complexity index is 1210. The fourth-order valence-corrected chi connectivity index (χ4v) is 4.65. The van der Waals surface area contributed by atoms with Crippen LogP contribution in [0.25, 0.3) is 0 Å². The molecule has 1 atom stereocenters. The maximum Gasteiger partial charge on any atom is 0.247 e. The molecule has 0 aliphatic rings. The minimum absolute atomic E-state index is 0.146. The van der Waals surface area contributed by atoms with Crippen LogP contribution in [0.15, 0.2) is 102 Å². The number of carbonyl (C=O) groups excluding carboxylic acids is 2. The van der Waals surface area contributed by atoms with E-state index in [1.165, 1.54) is 23.5 Å². The molecule has 0 spiro atoms. The Kier molecular flexibility index (Phi) is 8.41. The molecule has 35 heavy (non-hydrogen) atoms. The first kappa shape index (κ1) is 24.4. The van der Waals surface area contributed by atoms with Gasteiger partial charge in [0.25, 0.3) is 0 Å². The molecule has 0 fully saturated rings. The number of nitrogens with zero attached hydrogens (tertiary/aromatic N) is 1. The van der Waals surface area contributed by atoms with Crippen LogP contribution in [0, 0.1) is 5.82 Å². The number of hydrogen-bond acceptors (Lipinski definition) is 3. The lowest BCUT2D eigenvalue weighted by Gasteiger charge is -2.31. The van der Waals surface area contributed by atoms with E-state index in [0.717, 1.165) is 16.0 Å². The summed E-state index contributed by atoms with van der Waals surface area (Å²) in [5.41, 5.74) is 2.60. The molecule has 6 heteroatoms. The van der Waals surface area contributed by atoms with Gasteiger partial charge in [0.1, 0.15) is 11.9 Å². The predicted molar refractivity (Wildman–Crippen MR) is 137 cm³/mol. The Morgan fingerprint density at radius 1 is 0.829 bits per heavy atom. The van der Waals surface area contributed by atoms with Crippen LogP contribution in [0.4, 0.5) is 4.39 Å². The van der Waals surface area contributed by atoms with E-state index in [2.05, 4.69) is 5.32 Å². The molecule has 4 rings (SSSR count). The van der Waals surface area contributed by atoms with E-state index in [4.69, 9.17) is 0 Å².